The van der Waals surface area contributed by atoms with E-state index < -0.39 is 0 Å². The van der Waals surface area contributed by atoms with Gasteiger partial charge in [-0.15, -0.1) is 0 Å². The lowest BCUT2D eigenvalue weighted by Crippen LogP contribution is -2.16. The molecule has 0 saturated heterocycles. The van der Waals surface area contributed by atoms with Crippen LogP contribution in [-0.2, 0) is 21.4 Å². The Morgan fingerprint density at radius 3 is 2.29 bits per heavy atom. The van der Waals surface area contributed by atoms with E-state index in [0.717, 1.165) is 32.5 Å². The maximum absolute atomic E-state index is 5.43. The van der Waals surface area contributed by atoms with Crippen molar-refractivity contribution in [2.24, 2.45) is 0 Å². The number of methoxy groups -OCH3 is 1. The van der Waals surface area contributed by atoms with E-state index in [1.165, 1.54) is 11.1 Å². The molecule has 0 aliphatic heterocycles. The summed E-state index contributed by atoms with van der Waals surface area (Å²) in [4.78, 5) is 0. The number of unbranched alkanes of at least 4 members (excludes halogenated alkanes) is 1. The topological polar surface area (TPSA) is 30.5 Å². The van der Waals surface area contributed by atoms with E-state index in [9.17, 15) is 0 Å². The Morgan fingerprint density at radius 1 is 0.952 bits per heavy atom. The average molecular weight is 293 g/mol. The molecule has 0 amide bonds. The van der Waals surface area contributed by atoms with Crippen molar-refractivity contribution in [2.45, 2.75) is 45.6 Å². The molecule has 1 aromatic rings. The van der Waals surface area contributed by atoms with Crippen LogP contribution < -0.4 is 5.32 Å². The molecule has 0 unspecified atom stereocenters. The van der Waals surface area contributed by atoms with E-state index in [0.29, 0.717) is 13.2 Å². The minimum absolute atomic E-state index is 0.231. The van der Waals surface area contributed by atoms with Crippen LogP contribution in [0, 0.1) is 0 Å². The van der Waals surface area contributed by atoms with Crippen molar-refractivity contribution < 1.29 is 9.47 Å². The third-order valence-corrected chi connectivity index (χ3v) is 3.47. The maximum atomic E-state index is 5.43. The molecular formula is C18H31NO2. The number of rotatable bonds is 10. The molecule has 0 aliphatic rings. The fourth-order valence-corrected chi connectivity index (χ4v) is 2.05. The number of benzene rings is 1. The van der Waals surface area contributed by atoms with Crippen molar-refractivity contribution in [3.63, 3.8) is 0 Å². The molecule has 0 heterocycles. The first-order valence-electron chi connectivity index (χ1n) is 7.91. The summed E-state index contributed by atoms with van der Waals surface area (Å²) in [5.41, 5.74) is 2.97. The van der Waals surface area contributed by atoms with E-state index in [4.69, 9.17) is 9.47 Å². The number of hydrogen-bond acceptors (Lipinski definition) is 3. The Hall–Kier alpha value is -0.900. The number of hydrogen-bond donors (Lipinski definition) is 1. The first kappa shape index (κ1) is 18.1. The standard InChI is InChI=1S/C18H31NO2/c1-18(2,3)17-9-7-16(8-10-17)15-19-11-5-6-12-21-14-13-20-4/h7-10,19H,5-6,11-15H2,1-4H3. The quantitative estimate of drug-likeness (QED) is 0.670. The molecule has 3 heteroatoms. The van der Waals surface area contributed by atoms with E-state index in [1.54, 1.807) is 7.11 Å². The summed E-state index contributed by atoms with van der Waals surface area (Å²) in [5.74, 6) is 0. The van der Waals surface area contributed by atoms with Crippen molar-refractivity contribution in [1.82, 2.24) is 5.32 Å². The Balaban J connectivity index is 2.08. The maximum Gasteiger partial charge on any atom is 0.0700 e. The molecule has 0 radical (unpaired) electrons. The highest BCUT2D eigenvalue weighted by Crippen LogP contribution is 2.22. The van der Waals surface area contributed by atoms with Gasteiger partial charge in [0, 0.05) is 20.3 Å². The summed E-state index contributed by atoms with van der Waals surface area (Å²) < 4.78 is 10.4. The van der Waals surface area contributed by atoms with Gasteiger partial charge in [0.25, 0.3) is 0 Å². The van der Waals surface area contributed by atoms with Gasteiger partial charge in [-0.2, -0.15) is 0 Å². The third kappa shape index (κ3) is 8.20. The zero-order valence-electron chi connectivity index (χ0n) is 14.1. The lowest BCUT2D eigenvalue weighted by atomic mass is 9.87. The molecule has 120 valence electrons. The lowest BCUT2D eigenvalue weighted by molar-refractivity contribution is 0.0688. The smallest absolute Gasteiger partial charge is 0.0700 e. The van der Waals surface area contributed by atoms with Gasteiger partial charge in [-0.3, -0.25) is 0 Å². The van der Waals surface area contributed by atoms with Gasteiger partial charge in [0.2, 0.25) is 0 Å². The Kier molecular flexibility index (Phi) is 8.58. The van der Waals surface area contributed by atoms with Gasteiger partial charge in [0.1, 0.15) is 0 Å². The molecule has 0 spiro atoms. The lowest BCUT2D eigenvalue weighted by Gasteiger charge is -2.19. The van der Waals surface area contributed by atoms with Crippen LogP contribution in [0.25, 0.3) is 0 Å². The highest BCUT2D eigenvalue weighted by molar-refractivity contribution is 5.27. The van der Waals surface area contributed by atoms with Crippen molar-refractivity contribution >= 4 is 0 Å². The number of nitrogens with one attached hydrogen (secondary N) is 1. The van der Waals surface area contributed by atoms with Crippen LogP contribution in [0.4, 0.5) is 0 Å². The van der Waals surface area contributed by atoms with Gasteiger partial charge in [-0.05, 0) is 35.9 Å². The highest BCUT2D eigenvalue weighted by atomic mass is 16.5. The van der Waals surface area contributed by atoms with Crippen molar-refractivity contribution in [3.05, 3.63) is 35.4 Å². The first-order chi connectivity index (χ1) is 10.0. The van der Waals surface area contributed by atoms with Crippen LogP contribution in [-0.4, -0.2) is 33.5 Å². The van der Waals surface area contributed by atoms with Crippen LogP contribution in [0.3, 0.4) is 0 Å². The van der Waals surface area contributed by atoms with Crippen LogP contribution in [0.5, 0.6) is 0 Å². The monoisotopic (exact) mass is 293 g/mol. The molecule has 0 fully saturated rings. The SMILES string of the molecule is COCCOCCCCNCc1ccc(C(C)(C)C)cc1. The summed E-state index contributed by atoms with van der Waals surface area (Å²) in [7, 11) is 1.70. The normalized spacial score (nSPS) is 11.8. The Bertz CT molecular complexity index is 368. The predicted molar refractivity (Wildman–Crippen MR) is 88.8 cm³/mol. The third-order valence-electron chi connectivity index (χ3n) is 3.47. The molecule has 0 bridgehead atoms. The second-order valence-electron chi connectivity index (χ2n) is 6.44. The molecule has 1 N–H and O–H groups in total. The first-order valence-corrected chi connectivity index (χ1v) is 7.91. The molecular weight excluding hydrogens is 262 g/mol. The van der Waals surface area contributed by atoms with E-state index >= 15 is 0 Å². The van der Waals surface area contributed by atoms with E-state index in [-0.39, 0.29) is 5.41 Å². The molecule has 0 aliphatic carbocycles. The second-order valence-corrected chi connectivity index (χ2v) is 6.44. The number of ether oxygens (including phenoxy) is 2. The molecule has 0 saturated carbocycles. The zero-order valence-corrected chi connectivity index (χ0v) is 14.1. The predicted octanol–water partition coefficient (Wildman–Crippen LogP) is 3.52. The minimum atomic E-state index is 0.231. The second kappa shape index (κ2) is 9.93. The molecule has 21 heavy (non-hydrogen) atoms. The molecule has 0 aromatic heterocycles. The van der Waals surface area contributed by atoms with Gasteiger partial charge in [0.15, 0.2) is 0 Å². The van der Waals surface area contributed by atoms with Gasteiger partial charge < -0.3 is 14.8 Å². The Labute approximate surface area is 130 Å². The fourth-order valence-electron chi connectivity index (χ4n) is 2.05. The van der Waals surface area contributed by atoms with Gasteiger partial charge in [-0.25, -0.2) is 0 Å². The molecule has 1 rings (SSSR count). The molecule has 3 nitrogen and oxygen atoms in total. The minimum Gasteiger partial charge on any atom is -0.382 e. The Morgan fingerprint density at radius 2 is 1.67 bits per heavy atom. The van der Waals surface area contributed by atoms with Crippen LogP contribution in [0.2, 0.25) is 0 Å². The molecule has 1 aromatic carbocycles. The fraction of sp³-hybridized carbons (Fsp3) is 0.667. The van der Waals surface area contributed by atoms with Crippen LogP contribution in [0.1, 0.15) is 44.7 Å². The largest absolute Gasteiger partial charge is 0.382 e. The summed E-state index contributed by atoms with van der Waals surface area (Å²) >= 11 is 0. The van der Waals surface area contributed by atoms with Crippen molar-refractivity contribution in [1.29, 1.82) is 0 Å². The average Bonchev–Trinajstić information content (AvgIpc) is 2.45. The summed E-state index contributed by atoms with van der Waals surface area (Å²) in [6.45, 7) is 10.9. The highest BCUT2D eigenvalue weighted by Gasteiger charge is 2.12. The van der Waals surface area contributed by atoms with Gasteiger partial charge >= 0.3 is 0 Å². The van der Waals surface area contributed by atoms with E-state index in [1.807, 2.05) is 0 Å². The van der Waals surface area contributed by atoms with Gasteiger partial charge in [-0.1, -0.05) is 45.0 Å². The van der Waals surface area contributed by atoms with Crippen molar-refractivity contribution in [2.75, 3.05) is 33.5 Å². The van der Waals surface area contributed by atoms with Crippen LogP contribution in [0.15, 0.2) is 24.3 Å². The molecule has 0 atom stereocenters. The van der Waals surface area contributed by atoms with Gasteiger partial charge in [0.05, 0.1) is 13.2 Å². The summed E-state index contributed by atoms with van der Waals surface area (Å²) in [6.07, 6.45) is 2.24. The van der Waals surface area contributed by atoms with Crippen LogP contribution >= 0.6 is 0 Å². The summed E-state index contributed by atoms with van der Waals surface area (Å²) in [5, 5.41) is 3.48. The summed E-state index contributed by atoms with van der Waals surface area (Å²) in [6, 6.07) is 8.92. The van der Waals surface area contributed by atoms with Crippen molar-refractivity contribution in [3.8, 4) is 0 Å². The van der Waals surface area contributed by atoms with E-state index in [2.05, 4.69) is 50.4 Å². The zero-order chi connectivity index (χ0) is 15.6.